The van der Waals surface area contributed by atoms with Crippen LogP contribution in [-0.2, 0) is 10.8 Å². The Morgan fingerprint density at radius 1 is 0.638 bits per heavy atom. The quantitative estimate of drug-likeness (QED) is 0.108. The number of fused-ring (bicyclic) bond motifs is 8. The molecule has 5 N–H and O–H groups in total. The molecule has 4 aromatic heterocycles. The summed E-state index contributed by atoms with van der Waals surface area (Å²) in [5.74, 6) is -0.873. The zero-order valence-electron chi connectivity index (χ0n) is 39.7. The standard InChI is InChI=1S/C27H28N4O3.C22H26N2O2.C6H5NO2/c1-26(2)15-27(9-10-27)21-18-13-16(6-7-19(18)30-22(21)23(26)32)24(33)29-17-8-12-31(14-17)25(34)20-5-3-4-11-28-20;1-21(2)12-22(9-10-22)17-15-11-13(20(26)23-14-5-3-4-6-14)7-8-16(15)24-18(17)19(21)25;8-6(9)5-3-1-2-4-7-5/h3-7,11,13,17,30H,8-10,12,14-15H2,1-2H3,(H,29,33);7-8,11,14,24H,3-6,9-10,12H2,1-2H3,(H,23,26);1-4H,(H,8,9). The lowest BCUT2D eigenvalue weighted by atomic mass is 9.68. The van der Waals surface area contributed by atoms with E-state index in [9.17, 15) is 28.8 Å². The molecule has 5 heterocycles. The molecule has 0 radical (unpaired) electrons. The van der Waals surface area contributed by atoms with Crippen molar-refractivity contribution in [2.24, 2.45) is 10.8 Å². The highest BCUT2D eigenvalue weighted by Crippen LogP contribution is 2.62. The van der Waals surface area contributed by atoms with Crippen molar-refractivity contribution in [3.05, 3.63) is 130 Å². The molecule has 6 aromatic rings. The van der Waals surface area contributed by atoms with E-state index in [0.717, 1.165) is 90.1 Å². The number of nitrogens with zero attached hydrogens (tertiary/aromatic N) is 3. The largest absolute Gasteiger partial charge is 0.477 e. The number of H-pyrrole nitrogens is 2. The van der Waals surface area contributed by atoms with Gasteiger partial charge in [-0.3, -0.25) is 29.0 Å². The highest BCUT2D eigenvalue weighted by Gasteiger charge is 2.57. The van der Waals surface area contributed by atoms with Crippen molar-refractivity contribution in [2.75, 3.05) is 13.1 Å². The van der Waals surface area contributed by atoms with Gasteiger partial charge in [-0.05, 0) is 140 Å². The van der Waals surface area contributed by atoms with Gasteiger partial charge in [-0.25, -0.2) is 9.78 Å². The predicted molar refractivity (Wildman–Crippen MR) is 261 cm³/mol. The van der Waals surface area contributed by atoms with Gasteiger partial charge in [0.15, 0.2) is 11.6 Å². The second kappa shape index (κ2) is 17.2. The van der Waals surface area contributed by atoms with Crippen LogP contribution in [0.2, 0.25) is 0 Å². The van der Waals surface area contributed by atoms with Crippen LogP contribution >= 0.6 is 0 Å². The van der Waals surface area contributed by atoms with Crippen LogP contribution < -0.4 is 10.6 Å². The molecule has 14 nitrogen and oxygen atoms in total. The lowest BCUT2D eigenvalue weighted by molar-refractivity contribution is 0.0688. The van der Waals surface area contributed by atoms with Gasteiger partial charge in [0.2, 0.25) is 0 Å². The first kappa shape index (κ1) is 45.8. The fourth-order valence-corrected chi connectivity index (χ4v) is 11.8. The van der Waals surface area contributed by atoms with Crippen molar-refractivity contribution in [3.63, 3.8) is 0 Å². The molecule has 0 bridgehead atoms. The number of ketones is 2. The van der Waals surface area contributed by atoms with Crippen molar-refractivity contribution in [2.45, 2.75) is 121 Å². The summed E-state index contributed by atoms with van der Waals surface area (Å²) < 4.78 is 0. The molecule has 1 atom stereocenters. The number of aromatic amines is 2. The molecular weight excluding hydrogens is 871 g/mol. The number of amides is 3. The van der Waals surface area contributed by atoms with E-state index in [1.54, 1.807) is 47.5 Å². The van der Waals surface area contributed by atoms with Gasteiger partial charge in [-0.15, -0.1) is 0 Å². The van der Waals surface area contributed by atoms with Crippen LogP contribution in [0.15, 0.2) is 85.2 Å². The Kier molecular flexibility index (Phi) is 11.4. The number of hydrogen-bond acceptors (Lipinski definition) is 8. The average Bonchev–Trinajstić information content (AvgIpc) is 3.90. The van der Waals surface area contributed by atoms with Gasteiger partial charge in [0, 0.05) is 81.3 Å². The van der Waals surface area contributed by atoms with Crippen molar-refractivity contribution < 1.29 is 33.9 Å². The summed E-state index contributed by atoms with van der Waals surface area (Å²) in [6, 6.07) is 21.7. The minimum Gasteiger partial charge on any atom is -0.477 e. The number of carboxylic acids is 1. The van der Waals surface area contributed by atoms with Gasteiger partial charge in [0.05, 0.1) is 11.4 Å². The summed E-state index contributed by atoms with van der Waals surface area (Å²) >= 11 is 0. The molecule has 69 heavy (non-hydrogen) atoms. The maximum Gasteiger partial charge on any atom is 0.354 e. The predicted octanol–water partition coefficient (Wildman–Crippen LogP) is 9.12. The van der Waals surface area contributed by atoms with Crippen LogP contribution in [0, 0.1) is 10.8 Å². The Hall–Kier alpha value is -6.96. The Bertz CT molecular complexity index is 3050. The van der Waals surface area contributed by atoms with Gasteiger partial charge in [-0.1, -0.05) is 52.7 Å². The molecule has 1 saturated heterocycles. The number of pyridine rings is 2. The van der Waals surface area contributed by atoms with Crippen LogP contribution in [0.5, 0.6) is 0 Å². The van der Waals surface area contributed by atoms with E-state index < -0.39 is 5.97 Å². The van der Waals surface area contributed by atoms with Crippen LogP contribution in [0.25, 0.3) is 21.8 Å². The molecule has 356 valence electrons. The van der Waals surface area contributed by atoms with Gasteiger partial charge < -0.3 is 30.6 Å². The van der Waals surface area contributed by atoms with E-state index in [0.29, 0.717) is 42.4 Å². The molecule has 12 rings (SSSR count). The number of carboxylic acid groups (broad SMARTS) is 1. The van der Waals surface area contributed by atoms with Crippen LogP contribution in [0.3, 0.4) is 0 Å². The molecule has 5 aliphatic carbocycles. The number of rotatable bonds is 6. The number of carbonyl (C=O) groups is 6. The van der Waals surface area contributed by atoms with Crippen LogP contribution in [-0.4, -0.2) is 90.4 Å². The van der Waals surface area contributed by atoms with Crippen molar-refractivity contribution >= 4 is 57.1 Å². The summed E-state index contributed by atoms with van der Waals surface area (Å²) in [4.78, 5) is 90.9. The fourth-order valence-electron chi connectivity index (χ4n) is 11.8. The number of aromatic carboxylic acids is 1. The van der Waals surface area contributed by atoms with E-state index >= 15 is 0 Å². The molecule has 6 aliphatic rings. The van der Waals surface area contributed by atoms with E-state index in [4.69, 9.17) is 5.11 Å². The number of Topliss-reactive ketones (excluding diaryl/α,β-unsaturated/α-hetero) is 2. The van der Waals surface area contributed by atoms with Crippen molar-refractivity contribution in [1.29, 1.82) is 0 Å². The second-order valence-corrected chi connectivity index (χ2v) is 21.5. The number of nitrogens with one attached hydrogen (secondary N) is 4. The maximum absolute atomic E-state index is 13.1. The molecule has 3 saturated carbocycles. The third-order valence-electron chi connectivity index (χ3n) is 15.4. The number of carbonyl (C=O) groups excluding carboxylic acids is 5. The minimum absolute atomic E-state index is 0.0149. The highest BCUT2D eigenvalue weighted by molar-refractivity contribution is 6.10. The van der Waals surface area contributed by atoms with E-state index in [2.05, 4.69) is 44.4 Å². The van der Waals surface area contributed by atoms with Gasteiger partial charge in [0.1, 0.15) is 11.4 Å². The molecule has 2 spiro atoms. The fraction of sp³-hybridized carbons (Fsp3) is 0.418. The Balaban J connectivity index is 0.000000139. The lowest BCUT2D eigenvalue weighted by Gasteiger charge is -2.34. The van der Waals surface area contributed by atoms with Gasteiger partial charge in [0.25, 0.3) is 17.7 Å². The molecule has 2 aromatic carbocycles. The minimum atomic E-state index is -0.990. The Morgan fingerprint density at radius 2 is 1.12 bits per heavy atom. The summed E-state index contributed by atoms with van der Waals surface area (Å²) in [7, 11) is 0. The van der Waals surface area contributed by atoms with Crippen LogP contribution in [0.4, 0.5) is 0 Å². The molecule has 4 fully saturated rings. The second-order valence-electron chi connectivity index (χ2n) is 21.5. The summed E-state index contributed by atoms with van der Waals surface area (Å²) in [5.41, 5.74) is 6.96. The monoisotopic (exact) mass is 929 g/mol. The first-order chi connectivity index (χ1) is 33.0. The number of hydrogen-bond donors (Lipinski definition) is 5. The average molecular weight is 930 g/mol. The third-order valence-corrected chi connectivity index (χ3v) is 15.4. The van der Waals surface area contributed by atoms with Crippen LogP contribution in [0.1, 0.15) is 172 Å². The first-order valence-electron chi connectivity index (χ1n) is 24.4. The number of benzene rings is 2. The first-order valence-corrected chi connectivity index (χ1v) is 24.4. The molecule has 1 aliphatic heterocycles. The van der Waals surface area contributed by atoms with E-state index in [-0.39, 0.29) is 62.7 Å². The summed E-state index contributed by atoms with van der Waals surface area (Å²) in [6.45, 7) is 9.24. The van der Waals surface area contributed by atoms with Gasteiger partial charge >= 0.3 is 5.97 Å². The molecule has 3 amide bonds. The normalized spacial score (nSPS) is 20.9. The van der Waals surface area contributed by atoms with E-state index in [1.807, 2.05) is 44.2 Å². The van der Waals surface area contributed by atoms with E-state index in [1.165, 1.54) is 30.7 Å². The number of likely N-dealkylation sites (tertiary alicyclic amines) is 1. The summed E-state index contributed by atoms with van der Waals surface area (Å²) in [5, 5.41) is 16.7. The molecular formula is C55H59N7O7. The smallest absolute Gasteiger partial charge is 0.354 e. The third kappa shape index (κ3) is 8.63. The zero-order chi connectivity index (χ0) is 48.5. The molecule has 14 heteroatoms. The highest BCUT2D eigenvalue weighted by atomic mass is 16.4. The molecule has 1 unspecified atom stereocenters. The SMILES string of the molecule is CC1(C)CC2(CC2)c2c([nH]c3ccc(C(=O)NC4CCCC4)cc23)C1=O.CC1(C)CC2(CC2)c2c([nH]c3ccc(C(=O)NC4CCN(C(=O)c5ccccn5)C4)cc23)C1=O.O=C(O)c1ccccn1. The summed E-state index contributed by atoms with van der Waals surface area (Å²) in [6.07, 6.45) is 14.6. The van der Waals surface area contributed by atoms with Gasteiger partial charge in [-0.2, -0.15) is 0 Å². The van der Waals surface area contributed by atoms with Crippen molar-refractivity contribution in [1.82, 2.24) is 35.5 Å². The lowest BCUT2D eigenvalue weighted by Crippen LogP contribution is -2.38. The maximum atomic E-state index is 13.1. The Morgan fingerprint density at radius 3 is 1.55 bits per heavy atom. The van der Waals surface area contributed by atoms with Crippen molar-refractivity contribution in [3.8, 4) is 0 Å². The zero-order valence-corrected chi connectivity index (χ0v) is 39.7. The number of aromatic nitrogens is 4. The topological polar surface area (TPSA) is 207 Å². The Labute approximate surface area is 400 Å².